The smallest absolute Gasteiger partial charge is 0.223 e. The number of hydrogen-bond donors (Lipinski definition) is 1. The fraction of sp³-hybridized carbons (Fsp3) is 0.304. The predicted molar refractivity (Wildman–Crippen MR) is 105 cm³/mol. The maximum absolute atomic E-state index is 12.9. The highest BCUT2D eigenvalue weighted by atomic mass is 16.2. The van der Waals surface area contributed by atoms with Crippen molar-refractivity contribution in [3.8, 4) is 0 Å². The number of rotatable bonds is 5. The molecule has 27 heavy (non-hydrogen) atoms. The molecule has 4 rings (SSSR count). The molecule has 1 aliphatic carbocycles. The lowest BCUT2D eigenvalue weighted by molar-refractivity contribution is -0.130. The third-order valence-corrected chi connectivity index (χ3v) is 5.42. The van der Waals surface area contributed by atoms with E-state index in [1.54, 1.807) is 18.0 Å². The Morgan fingerprint density at radius 3 is 2.48 bits per heavy atom. The Balaban J connectivity index is 1.54. The van der Waals surface area contributed by atoms with Gasteiger partial charge in [0.25, 0.3) is 0 Å². The zero-order valence-electron chi connectivity index (χ0n) is 15.5. The molecule has 1 saturated carbocycles. The van der Waals surface area contributed by atoms with Gasteiger partial charge in [-0.3, -0.25) is 9.59 Å². The summed E-state index contributed by atoms with van der Waals surface area (Å²) in [5.41, 5.74) is 3.24. The number of amides is 2. The van der Waals surface area contributed by atoms with Crippen molar-refractivity contribution in [1.29, 1.82) is 0 Å². The van der Waals surface area contributed by atoms with E-state index < -0.39 is 0 Å². The summed E-state index contributed by atoms with van der Waals surface area (Å²) in [5, 5.41) is 3.23. The van der Waals surface area contributed by atoms with Crippen LogP contribution in [0.4, 0.5) is 0 Å². The molecule has 138 valence electrons. The van der Waals surface area contributed by atoms with E-state index in [1.165, 1.54) is 0 Å². The van der Waals surface area contributed by atoms with E-state index in [9.17, 15) is 9.59 Å². The molecule has 2 aliphatic rings. The number of fused-ring (bicyclic) bond motifs is 1. The van der Waals surface area contributed by atoms with Gasteiger partial charge < -0.3 is 10.2 Å². The number of nitrogens with one attached hydrogen (secondary N) is 1. The van der Waals surface area contributed by atoms with Gasteiger partial charge in [-0.1, -0.05) is 54.6 Å². The van der Waals surface area contributed by atoms with Crippen LogP contribution in [-0.4, -0.2) is 16.7 Å². The standard InChI is InChI=1S/C23H24N2O2/c1-16(26)25-14-13-17-7-5-6-10-20(17)21(25)15-22(27)24-23(19-11-12-19)18-8-3-2-4-9-18/h2-10,13-14,19,21,23H,11-12,15H2,1H3,(H,24,27)/t21-,23-/m1/s1. The Hall–Kier alpha value is -2.88. The second-order valence-electron chi connectivity index (χ2n) is 7.38. The van der Waals surface area contributed by atoms with Crippen molar-refractivity contribution in [3.05, 3.63) is 77.5 Å². The minimum absolute atomic E-state index is 0.0166. The fourth-order valence-electron chi connectivity index (χ4n) is 3.88. The SMILES string of the molecule is CC(=O)N1C=Cc2ccccc2[C@H]1CC(=O)N[C@H](c1ccccc1)C1CC1. The first-order chi connectivity index (χ1) is 13.1. The van der Waals surface area contributed by atoms with Crippen LogP contribution in [0.15, 0.2) is 60.8 Å². The molecule has 4 heteroatoms. The molecule has 1 fully saturated rings. The van der Waals surface area contributed by atoms with Gasteiger partial charge in [0.05, 0.1) is 18.5 Å². The molecule has 1 heterocycles. The maximum atomic E-state index is 12.9. The molecule has 1 aliphatic heterocycles. The molecule has 0 bridgehead atoms. The summed E-state index contributed by atoms with van der Waals surface area (Å²) in [6.07, 6.45) is 6.28. The second-order valence-corrected chi connectivity index (χ2v) is 7.38. The number of benzene rings is 2. The lowest BCUT2D eigenvalue weighted by Gasteiger charge is -2.32. The van der Waals surface area contributed by atoms with Gasteiger partial charge in [-0.05, 0) is 41.5 Å². The van der Waals surface area contributed by atoms with Crippen LogP contribution in [0, 0.1) is 5.92 Å². The monoisotopic (exact) mass is 360 g/mol. The summed E-state index contributed by atoms with van der Waals surface area (Å²) >= 11 is 0. The van der Waals surface area contributed by atoms with E-state index in [-0.39, 0.29) is 30.3 Å². The Morgan fingerprint density at radius 1 is 1.07 bits per heavy atom. The molecule has 2 aromatic carbocycles. The van der Waals surface area contributed by atoms with Crippen LogP contribution in [0.1, 0.15) is 55.0 Å². The summed E-state index contributed by atoms with van der Waals surface area (Å²) < 4.78 is 0. The highest BCUT2D eigenvalue weighted by Gasteiger charge is 2.35. The van der Waals surface area contributed by atoms with Gasteiger partial charge in [-0.2, -0.15) is 0 Å². The van der Waals surface area contributed by atoms with Gasteiger partial charge >= 0.3 is 0 Å². The van der Waals surface area contributed by atoms with E-state index in [2.05, 4.69) is 17.4 Å². The molecule has 2 aromatic rings. The first-order valence-electron chi connectivity index (χ1n) is 9.54. The maximum Gasteiger partial charge on any atom is 0.223 e. The average molecular weight is 360 g/mol. The van der Waals surface area contributed by atoms with Crippen molar-refractivity contribution < 1.29 is 9.59 Å². The average Bonchev–Trinajstić information content (AvgIpc) is 3.52. The first-order valence-corrected chi connectivity index (χ1v) is 9.54. The number of carbonyl (C=O) groups is 2. The largest absolute Gasteiger partial charge is 0.349 e. The van der Waals surface area contributed by atoms with Gasteiger partial charge in [-0.25, -0.2) is 0 Å². The molecular formula is C23H24N2O2. The Bertz CT molecular complexity index is 871. The van der Waals surface area contributed by atoms with Crippen molar-refractivity contribution >= 4 is 17.9 Å². The van der Waals surface area contributed by atoms with Crippen molar-refractivity contribution in [3.63, 3.8) is 0 Å². The van der Waals surface area contributed by atoms with E-state index in [0.29, 0.717) is 5.92 Å². The number of hydrogen-bond acceptors (Lipinski definition) is 2. The van der Waals surface area contributed by atoms with Gasteiger partial charge in [0.15, 0.2) is 0 Å². The first kappa shape index (κ1) is 17.5. The quantitative estimate of drug-likeness (QED) is 0.868. The minimum atomic E-state index is -0.265. The third-order valence-electron chi connectivity index (χ3n) is 5.42. The lowest BCUT2D eigenvalue weighted by Crippen LogP contribution is -2.36. The third kappa shape index (κ3) is 3.80. The summed E-state index contributed by atoms with van der Waals surface area (Å²) in [6.45, 7) is 1.54. The van der Waals surface area contributed by atoms with Crippen LogP contribution in [0.25, 0.3) is 6.08 Å². The lowest BCUT2D eigenvalue weighted by atomic mass is 9.93. The molecule has 0 aromatic heterocycles. The van der Waals surface area contributed by atoms with E-state index in [0.717, 1.165) is 29.5 Å². The molecule has 0 radical (unpaired) electrons. The summed E-state index contributed by atoms with van der Waals surface area (Å²) in [5.74, 6) is 0.441. The van der Waals surface area contributed by atoms with Crippen LogP contribution in [-0.2, 0) is 9.59 Å². The van der Waals surface area contributed by atoms with Crippen molar-refractivity contribution in [2.75, 3.05) is 0 Å². The summed E-state index contributed by atoms with van der Waals surface area (Å²) in [4.78, 5) is 26.7. The Kier molecular flexibility index (Phi) is 4.80. The topological polar surface area (TPSA) is 49.4 Å². The zero-order valence-corrected chi connectivity index (χ0v) is 15.5. The summed E-state index contributed by atoms with van der Waals surface area (Å²) in [7, 11) is 0. The molecule has 2 amide bonds. The normalized spacial score (nSPS) is 19.3. The highest BCUT2D eigenvalue weighted by molar-refractivity contribution is 5.82. The minimum Gasteiger partial charge on any atom is -0.349 e. The summed E-state index contributed by atoms with van der Waals surface area (Å²) in [6, 6.07) is 17.9. The van der Waals surface area contributed by atoms with Crippen LogP contribution in [0.5, 0.6) is 0 Å². The molecule has 1 N–H and O–H groups in total. The highest BCUT2D eigenvalue weighted by Crippen LogP contribution is 2.41. The van der Waals surface area contributed by atoms with Crippen molar-refractivity contribution in [2.45, 2.75) is 38.3 Å². The number of nitrogens with zero attached hydrogens (tertiary/aromatic N) is 1. The van der Waals surface area contributed by atoms with E-state index in [4.69, 9.17) is 0 Å². The molecule has 2 atom stereocenters. The van der Waals surface area contributed by atoms with Gasteiger partial charge in [0, 0.05) is 13.1 Å². The predicted octanol–water partition coefficient (Wildman–Crippen LogP) is 4.22. The van der Waals surface area contributed by atoms with Gasteiger partial charge in [0.2, 0.25) is 11.8 Å². The van der Waals surface area contributed by atoms with Crippen LogP contribution in [0.2, 0.25) is 0 Å². The van der Waals surface area contributed by atoms with Crippen molar-refractivity contribution in [2.24, 2.45) is 5.92 Å². The van der Waals surface area contributed by atoms with Crippen LogP contribution in [0.3, 0.4) is 0 Å². The molecule has 0 saturated heterocycles. The molecule has 0 spiro atoms. The Labute approximate surface area is 159 Å². The van der Waals surface area contributed by atoms with E-state index in [1.807, 2.05) is 48.5 Å². The van der Waals surface area contributed by atoms with Crippen LogP contribution >= 0.6 is 0 Å². The number of carbonyl (C=O) groups excluding carboxylic acids is 2. The van der Waals surface area contributed by atoms with Gasteiger partial charge in [-0.15, -0.1) is 0 Å². The Morgan fingerprint density at radius 2 is 1.78 bits per heavy atom. The van der Waals surface area contributed by atoms with Crippen molar-refractivity contribution in [1.82, 2.24) is 10.2 Å². The zero-order chi connectivity index (χ0) is 18.8. The second kappa shape index (κ2) is 7.39. The fourth-order valence-corrected chi connectivity index (χ4v) is 3.88. The van der Waals surface area contributed by atoms with E-state index >= 15 is 0 Å². The van der Waals surface area contributed by atoms with Gasteiger partial charge in [0.1, 0.15) is 0 Å². The molecular weight excluding hydrogens is 336 g/mol. The molecule has 4 nitrogen and oxygen atoms in total. The molecule has 0 unspecified atom stereocenters. The van der Waals surface area contributed by atoms with Crippen LogP contribution < -0.4 is 5.32 Å².